The Bertz CT molecular complexity index is 318. The molecule has 0 radical (unpaired) electrons. The van der Waals surface area contributed by atoms with E-state index < -0.39 is 0 Å². The molecule has 0 unspecified atom stereocenters. The van der Waals surface area contributed by atoms with Crippen molar-refractivity contribution >= 4 is 15.9 Å². The molecule has 0 saturated heterocycles. The van der Waals surface area contributed by atoms with Crippen LogP contribution >= 0.6 is 15.9 Å². The fraction of sp³-hybridized carbons (Fsp3) is 0.727. The molecule has 0 aliphatic carbocycles. The van der Waals surface area contributed by atoms with E-state index in [1.165, 1.54) is 10.2 Å². The van der Waals surface area contributed by atoms with Crippen molar-refractivity contribution in [1.29, 1.82) is 0 Å². The van der Waals surface area contributed by atoms with Gasteiger partial charge in [0.25, 0.3) is 0 Å². The van der Waals surface area contributed by atoms with Crippen LogP contribution in [0.25, 0.3) is 0 Å². The van der Waals surface area contributed by atoms with Gasteiger partial charge in [-0.25, -0.2) is 0 Å². The van der Waals surface area contributed by atoms with E-state index in [9.17, 15) is 0 Å². The quantitative estimate of drug-likeness (QED) is 0.894. The second-order valence-electron chi connectivity index (χ2n) is 3.91. The molecule has 1 aromatic heterocycles. The third kappa shape index (κ3) is 3.05. The molecule has 1 N–H and O–H groups in total. The van der Waals surface area contributed by atoms with E-state index >= 15 is 0 Å². The molecule has 1 aromatic rings. The Morgan fingerprint density at radius 2 is 2.07 bits per heavy atom. The fourth-order valence-electron chi connectivity index (χ4n) is 1.49. The number of halogens is 1. The van der Waals surface area contributed by atoms with Crippen LogP contribution in [0.4, 0.5) is 0 Å². The van der Waals surface area contributed by atoms with Crippen molar-refractivity contribution in [3.8, 4) is 0 Å². The number of hydrogen-bond donors (Lipinski definition) is 1. The maximum atomic E-state index is 4.55. The van der Waals surface area contributed by atoms with Gasteiger partial charge in [0.1, 0.15) is 0 Å². The molecule has 15 heavy (non-hydrogen) atoms. The van der Waals surface area contributed by atoms with E-state index in [4.69, 9.17) is 0 Å². The predicted octanol–water partition coefficient (Wildman–Crippen LogP) is 2.73. The fourth-order valence-corrected chi connectivity index (χ4v) is 2.19. The van der Waals surface area contributed by atoms with Gasteiger partial charge in [0, 0.05) is 19.1 Å². The van der Waals surface area contributed by atoms with E-state index in [0.717, 1.165) is 25.2 Å². The minimum absolute atomic E-state index is 0.502. The molecule has 0 saturated carbocycles. The molecule has 0 fully saturated rings. The van der Waals surface area contributed by atoms with Gasteiger partial charge in [0.05, 0.1) is 15.9 Å². The van der Waals surface area contributed by atoms with Crippen LogP contribution in [0.5, 0.6) is 0 Å². The van der Waals surface area contributed by atoms with Crippen LogP contribution in [0.2, 0.25) is 0 Å². The molecule has 0 aliphatic heterocycles. The van der Waals surface area contributed by atoms with Crippen LogP contribution in [-0.4, -0.2) is 15.8 Å². The summed E-state index contributed by atoms with van der Waals surface area (Å²) in [6.07, 6.45) is 0.974. The van der Waals surface area contributed by atoms with Crippen molar-refractivity contribution in [3.05, 3.63) is 15.9 Å². The lowest BCUT2D eigenvalue weighted by Crippen LogP contribution is -2.23. The van der Waals surface area contributed by atoms with E-state index in [1.54, 1.807) is 0 Å². The summed E-state index contributed by atoms with van der Waals surface area (Å²) in [7, 11) is 0. The van der Waals surface area contributed by atoms with Gasteiger partial charge in [-0.1, -0.05) is 20.8 Å². The van der Waals surface area contributed by atoms with Crippen molar-refractivity contribution in [2.45, 2.75) is 53.2 Å². The standard InChI is InChI=1S/C11H20BrN3/c1-5-9-11(12)10(7-13-8(3)4)15(6-2)14-9/h8,13H,5-7H2,1-4H3. The second-order valence-corrected chi connectivity index (χ2v) is 4.71. The summed E-state index contributed by atoms with van der Waals surface area (Å²) >= 11 is 3.63. The topological polar surface area (TPSA) is 29.9 Å². The Morgan fingerprint density at radius 1 is 1.40 bits per heavy atom. The molecule has 0 aromatic carbocycles. The van der Waals surface area contributed by atoms with E-state index in [2.05, 4.69) is 58.7 Å². The highest BCUT2D eigenvalue weighted by atomic mass is 79.9. The van der Waals surface area contributed by atoms with Crippen LogP contribution in [0.3, 0.4) is 0 Å². The van der Waals surface area contributed by atoms with Gasteiger partial charge in [0.2, 0.25) is 0 Å². The molecular weight excluding hydrogens is 254 g/mol. The lowest BCUT2D eigenvalue weighted by molar-refractivity contribution is 0.538. The second kappa shape index (κ2) is 5.66. The summed E-state index contributed by atoms with van der Waals surface area (Å²) < 4.78 is 3.23. The first-order chi connectivity index (χ1) is 7.10. The molecule has 0 spiro atoms. The normalized spacial score (nSPS) is 11.3. The Morgan fingerprint density at radius 3 is 2.53 bits per heavy atom. The Hall–Kier alpha value is -0.350. The molecule has 0 aliphatic rings. The Balaban J connectivity index is 2.88. The molecule has 1 heterocycles. The van der Waals surface area contributed by atoms with Crippen LogP contribution in [-0.2, 0) is 19.5 Å². The zero-order valence-corrected chi connectivity index (χ0v) is 11.6. The summed E-state index contributed by atoms with van der Waals surface area (Å²) in [5.74, 6) is 0. The highest BCUT2D eigenvalue weighted by Gasteiger charge is 2.13. The van der Waals surface area contributed by atoms with Crippen LogP contribution in [0.15, 0.2) is 4.47 Å². The molecule has 0 atom stereocenters. The molecule has 0 bridgehead atoms. The highest BCUT2D eigenvalue weighted by Crippen LogP contribution is 2.22. The lowest BCUT2D eigenvalue weighted by atomic mass is 10.3. The Labute approximate surface area is 100 Å². The number of nitrogens with one attached hydrogen (secondary N) is 1. The van der Waals surface area contributed by atoms with Crippen molar-refractivity contribution in [1.82, 2.24) is 15.1 Å². The smallest absolute Gasteiger partial charge is 0.0767 e. The lowest BCUT2D eigenvalue weighted by Gasteiger charge is -2.09. The maximum absolute atomic E-state index is 4.55. The molecular formula is C11H20BrN3. The number of hydrogen-bond acceptors (Lipinski definition) is 2. The number of aromatic nitrogens is 2. The van der Waals surface area contributed by atoms with Crippen LogP contribution in [0.1, 0.15) is 39.1 Å². The third-order valence-corrected chi connectivity index (χ3v) is 3.29. The average Bonchev–Trinajstić information content (AvgIpc) is 2.51. The first kappa shape index (κ1) is 12.7. The highest BCUT2D eigenvalue weighted by molar-refractivity contribution is 9.10. The van der Waals surface area contributed by atoms with E-state index in [-0.39, 0.29) is 0 Å². The zero-order valence-electron chi connectivity index (χ0n) is 9.97. The molecule has 86 valence electrons. The van der Waals surface area contributed by atoms with Gasteiger partial charge in [-0.15, -0.1) is 0 Å². The van der Waals surface area contributed by atoms with Crippen molar-refractivity contribution < 1.29 is 0 Å². The molecule has 4 heteroatoms. The SMILES string of the molecule is CCc1nn(CC)c(CNC(C)C)c1Br. The molecule has 3 nitrogen and oxygen atoms in total. The summed E-state index contributed by atoms with van der Waals surface area (Å²) in [6, 6.07) is 0.502. The van der Waals surface area contributed by atoms with Crippen molar-refractivity contribution in [3.63, 3.8) is 0 Å². The van der Waals surface area contributed by atoms with Crippen LogP contribution in [0, 0.1) is 0 Å². The molecule has 0 amide bonds. The minimum Gasteiger partial charge on any atom is -0.309 e. The van der Waals surface area contributed by atoms with E-state index in [0.29, 0.717) is 6.04 Å². The maximum Gasteiger partial charge on any atom is 0.0767 e. The minimum atomic E-state index is 0.502. The first-order valence-corrected chi connectivity index (χ1v) is 6.36. The first-order valence-electron chi connectivity index (χ1n) is 5.57. The van der Waals surface area contributed by atoms with Crippen molar-refractivity contribution in [2.24, 2.45) is 0 Å². The predicted molar refractivity (Wildman–Crippen MR) is 67.0 cm³/mol. The summed E-state index contributed by atoms with van der Waals surface area (Å²) in [5, 5.41) is 7.98. The summed E-state index contributed by atoms with van der Waals surface area (Å²) in [5.41, 5.74) is 2.40. The Kier molecular flexibility index (Phi) is 4.80. The van der Waals surface area contributed by atoms with Gasteiger partial charge in [0.15, 0.2) is 0 Å². The third-order valence-electron chi connectivity index (χ3n) is 2.37. The summed E-state index contributed by atoms with van der Waals surface area (Å²) in [6.45, 7) is 10.4. The van der Waals surface area contributed by atoms with Gasteiger partial charge in [-0.05, 0) is 29.3 Å². The van der Waals surface area contributed by atoms with Gasteiger partial charge >= 0.3 is 0 Å². The monoisotopic (exact) mass is 273 g/mol. The van der Waals surface area contributed by atoms with Crippen molar-refractivity contribution in [2.75, 3.05) is 0 Å². The number of nitrogens with zero attached hydrogens (tertiary/aromatic N) is 2. The zero-order chi connectivity index (χ0) is 11.4. The number of aryl methyl sites for hydroxylation is 2. The largest absolute Gasteiger partial charge is 0.309 e. The van der Waals surface area contributed by atoms with E-state index in [1.807, 2.05) is 0 Å². The summed E-state index contributed by atoms with van der Waals surface area (Å²) in [4.78, 5) is 0. The van der Waals surface area contributed by atoms with Gasteiger partial charge in [-0.2, -0.15) is 5.10 Å². The van der Waals surface area contributed by atoms with Gasteiger partial charge in [-0.3, -0.25) is 4.68 Å². The van der Waals surface area contributed by atoms with Gasteiger partial charge < -0.3 is 5.32 Å². The number of rotatable bonds is 5. The molecule has 1 rings (SSSR count). The van der Waals surface area contributed by atoms with Crippen LogP contribution < -0.4 is 5.32 Å². The average molecular weight is 274 g/mol.